The van der Waals surface area contributed by atoms with E-state index < -0.39 is 5.97 Å². The molecular formula is C22H40O4. The minimum atomic E-state index is -0.693. The fourth-order valence-corrected chi connectivity index (χ4v) is 2.87. The van der Waals surface area contributed by atoms with Gasteiger partial charge in [0.2, 0.25) is 0 Å². The molecule has 0 bridgehead atoms. The summed E-state index contributed by atoms with van der Waals surface area (Å²) in [6, 6.07) is 0. The highest BCUT2D eigenvalue weighted by molar-refractivity contribution is 5.69. The molecule has 0 aliphatic carbocycles. The Balaban J connectivity index is 3.24. The molecule has 0 heterocycles. The Morgan fingerprint density at radius 3 is 1.85 bits per heavy atom. The van der Waals surface area contributed by atoms with Gasteiger partial charge in [0.1, 0.15) is 6.61 Å². The van der Waals surface area contributed by atoms with Gasteiger partial charge >= 0.3 is 11.9 Å². The largest absolute Gasteiger partial charge is 0.481 e. The molecule has 0 aromatic heterocycles. The number of unbranched alkanes of at least 4 members (excludes halogenated alkanes) is 12. The zero-order valence-electron chi connectivity index (χ0n) is 16.8. The Kier molecular flexibility index (Phi) is 19.0. The van der Waals surface area contributed by atoms with E-state index in [-0.39, 0.29) is 5.97 Å². The molecule has 0 aliphatic heterocycles. The SMILES string of the molecule is CCCCCC/C=C\COC(=O)CCCCCCCCCCCC(=O)O. The average molecular weight is 369 g/mol. The van der Waals surface area contributed by atoms with Gasteiger partial charge in [-0.2, -0.15) is 0 Å². The van der Waals surface area contributed by atoms with Crippen molar-refractivity contribution < 1.29 is 19.4 Å². The van der Waals surface area contributed by atoms with Crippen molar-refractivity contribution in [1.82, 2.24) is 0 Å². The number of rotatable bonds is 19. The molecule has 0 spiro atoms. The minimum Gasteiger partial charge on any atom is -0.481 e. The highest BCUT2D eigenvalue weighted by Gasteiger charge is 2.01. The van der Waals surface area contributed by atoms with Gasteiger partial charge in [-0.05, 0) is 25.7 Å². The molecule has 4 nitrogen and oxygen atoms in total. The Hall–Kier alpha value is -1.32. The van der Waals surface area contributed by atoms with Gasteiger partial charge in [0.05, 0.1) is 0 Å². The molecule has 0 aromatic carbocycles. The zero-order chi connectivity index (χ0) is 19.3. The summed E-state index contributed by atoms with van der Waals surface area (Å²) < 4.78 is 5.20. The number of carboxylic acids is 1. The average Bonchev–Trinajstić information content (AvgIpc) is 2.61. The predicted molar refractivity (Wildman–Crippen MR) is 107 cm³/mol. The van der Waals surface area contributed by atoms with E-state index >= 15 is 0 Å². The van der Waals surface area contributed by atoms with Crippen LogP contribution >= 0.6 is 0 Å². The van der Waals surface area contributed by atoms with Crippen molar-refractivity contribution >= 4 is 11.9 Å². The van der Waals surface area contributed by atoms with Crippen LogP contribution in [-0.4, -0.2) is 23.7 Å². The lowest BCUT2D eigenvalue weighted by Gasteiger charge is -2.03. The predicted octanol–water partition coefficient (Wildman–Crippen LogP) is 6.43. The van der Waals surface area contributed by atoms with Crippen molar-refractivity contribution in [3.8, 4) is 0 Å². The number of aliphatic carboxylic acids is 1. The lowest BCUT2D eigenvalue weighted by atomic mass is 10.1. The smallest absolute Gasteiger partial charge is 0.306 e. The summed E-state index contributed by atoms with van der Waals surface area (Å²) in [6.07, 6.45) is 20.8. The number of carbonyl (C=O) groups excluding carboxylic acids is 1. The van der Waals surface area contributed by atoms with E-state index in [9.17, 15) is 9.59 Å². The maximum Gasteiger partial charge on any atom is 0.306 e. The van der Waals surface area contributed by atoms with Crippen LogP contribution in [0.3, 0.4) is 0 Å². The summed E-state index contributed by atoms with van der Waals surface area (Å²) >= 11 is 0. The Labute approximate surface area is 160 Å². The number of allylic oxidation sites excluding steroid dienone is 1. The Morgan fingerprint density at radius 2 is 1.27 bits per heavy atom. The summed E-state index contributed by atoms with van der Waals surface area (Å²) in [5.41, 5.74) is 0. The number of esters is 1. The molecule has 0 saturated carbocycles. The third-order valence-electron chi connectivity index (χ3n) is 4.50. The maximum atomic E-state index is 11.6. The third kappa shape index (κ3) is 20.7. The molecule has 0 saturated heterocycles. The first-order valence-corrected chi connectivity index (χ1v) is 10.7. The van der Waals surface area contributed by atoms with Crippen LogP contribution in [0.15, 0.2) is 12.2 Å². The fraction of sp³-hybridized carbons (Fsp3) is 0.818. The van der Waals surface area contributed by atoms with Crippen LogP contribution < -0.4 is 0 Å². The van der Waals surface area contributed by atoms with Crippen LogP contribution in [0.25, 0.3) is 0 Å². The summed E-state index contributed by atoms with van der Waals surface area (Å²) in [4.78, 5) is 22.0. The minimum absolute atomic E-state index is 0.0842. The first-order valence-electron chi connectivity index (χ1n) is 10.7. The van der Waals surface area contributed by atoms with E-state index in [1.54, 1.807) is 0 Å². The van der Waals surface area contributed by atoms with Crippen LogP contribution in [0.1, 0.15) is 110 Å². The molecule has 0 atom stereocenters. The van der Waals surface area contributed by atoms with Crippen LogP contribution in [-0.2, 0) is 14.3 Å². The molecule has 0 fully saturated rings. The zero-order valence-corrected chi connectivity index (χ0v) is 16.8. The van der Waals surface area contributed by atoms with Crippen LogP contribution in [0.2, 0.25) is 0 Å². The van der Waals surface area contributed by atoms with Gasteiger partial charge in [0.15, 0.2) is 0 Å². The molecule has 152 valence electrons. The van der Waals surface area contributed by atoms with Gasteiger partial charge < -0.3 is 9.84 Å². The van der Waals surface area contributed by atoms with Crippen LogP contribution in [0, 0.1) is 0 Å². The van der Waals surface area contributed by atoms with Crippen molar-refractivity contribution in [2.45, 2.75) is 110 Å². The second kappa shape index (κ2) is 20.0. The van der Waals surface area contributed by atoms with Gasteiger partial charge in [0.25, 0.3) is 0 Å². The van der Waals surface area contributed by atoms with E-state index in [4.69, 9.17) is 9.84 Å². The Bertz CT molecular complexity index is 363. The van der Waals surface area contributed by atoms with E-state index in [2.05, 4.69) is 13.0 Å². The highest BCUT2D eigenvalue weighted by Crippen LogP contribution is 2.11. The fourth-order valence-electron chi connectivity index (χ4n) is 2.87. The Morgan fingerprint density at radius 1 is 0.731 bits per heavy atom. The standard InChI is InChI=1S/C22H40O4/c1-2-3-4-5-11-14-17-20-26-22(25)19-16-13-10-8-6-7-9-12-15-18-21(23)24/h14,17H,2-13,15-16,18-20H2,1H3,(H,23,24)/b17-14-. The highest BCUT2D eigenvalue weighted by atomic mass is 16.5. The molecule has 0 unspecified atom stereocenters. The summed E-state index contributed by atoms with van der Waals surface area (Å²) in [5, 5.41) is 8.55. The maximum absolute atomic E-state index is 11.6. The normalized spacial score (nSPS) is 11.1. The number of carboxylic acid groups (broad SMARTS) is 1. The molecule has 26 heavy (non-hydrogen) atoms. The molecule has 0 aromatic rings. The molecule has 0 radical (unpaired) electrons. The molecular weight excluding hydrogens is 328 g/mol. The second-order valence-corrected chi connectivity index (χ2v) is 7.08. The van der Waals surface area contributed by atoms with E-state index in [1.807, 2.05) is 6.08 Å². The second-order valence-electron chi connectivity index (χ2n) is 7.08. The van der Waals surface area contributed by atoms with Crippen LogP contribution in [0.5, 0.6) is 0 Å². The summed E-state index contributed by atoms with van der Waals surface area (Å²) in [5.74, 6) is -0.777. The van der Waals surface area contributed by atoms with Crippen molar-refractivity contribution in [2.24, 2.45) is 0 Å². The quantitative estimate of drug-likeness (QED) is 0.162. The topological polar surface area (TPSA) is 63.6 Å². The first kappa shape index (κ1) is 24.7. The van der Waals surface area contributed by atoms with Crippen molar-refractivity contribution in [2.75, 3.05) is 6.61 Å². The number of carbonyl (C=O) groups is 2. The van der Waals surface area contributed by atoms with E-state index in [0.717, 1.165) is 38.5 Å². The van der Waals surface area contributed by atoms with Gasteiger partial charge in [-0.1, -0.05) is 83.3 Å². The van der Waals surface area contributed by atoms with Crippen molar-refractivity contribution in [1.29, 1.82) is 0 Å². The van der Waals surface area contributed by atoms with Crippen LogP contribution in [0.4, 0.5) is 0 Å². The van der Waals surface area contributed by atoms with Gasteiger partial charge in [-0.3, -0.25) is 9.59 Å². The van der Waals surface area contributed by atoms with E-state index in [0.29, 0.717) is 19.4 Å². The number of hydrogen-bond donors (Lipinski definition) is 1. The molecule has 4 heteroatoms. The lowest BCUT2D eigenvalue weighted by Crippen LogP contribution is -2.03. The van der Waals surface area contributed by atoms with Crippen molar-refractivity contribution in [3.63, 3.8) is 0 Å². The molecule has 1 N–H and O–H groups in total. The van der Waals surface area contributed by atoms with Gasteiger partial charge in [0, 0.05) is 12.8 Å². The molecule has 0 amide bonds. The van der Waals surface area contributed by atoms with Gasteiger partial charge in [-0.15, -0.1) is 0 Å². The van der Waals surface area contributed by atoms with Crippen molar-refractivity contribution in [3.05, 3.63) is 12.2 Å². The lowest BCUT2D eigenvalue weighted by molar-refractivity contribution is -0.142. The third-order valence-corrected chi connectivity index (χ3v) is 4.50. The number of ether oxygens (including phenoxy) is 1. The van der Waals surface area contributed by atoms with E-state index in [1.165, 1.54) is 51.4 Å². The summed E-state index contributed by atoms with van der Waals surface area (Å²) in [7, 11) is 0. The monoisotopic (exact) mass is 368 g/mol. The molecule has 0 aliphatic rings. The first-order chi connectivity index (χ1) is 12.7. The van der Waals surface area contributed by atoms with Gasteiger partial charge in [-0.25, -0.2) is 0 Å². The molecule has 0 rings (SSSR count). The number of hydrogen-bond acceptors (Lipinski definition) is 3. The summed E-state index contributed by atoms with van der Waals surface area (Å²) in [6.45, 7) is 2.62.